The van der Waals surface area contributed by atoms with E-state index in [-0.39, 0.29) is 19.3 Å². The van der Waals surface area contributed by atoms with Crippen LogP contribution >= 0.6 is 11.3 Å². The number of nitriles is 1. The van der Waals surface area contributed by atoms with Crippen LogP contribution < -0.4 is 5.32 Å². The molecule has 1 saturated heterocycles. The Kier molecular flexibility index (Phi) is 9.25. The molecule has 1 unspecified atom stereocenters. The van der Waals surface area contributed by atoms with Crippen molar-refractivity contribution >= 4 is 38.9 Å². The number of aryl methyl sites for hydroxylation is 2. The van der Waals surface area contributed by atoms with Crippen LogP contribution in [0, 0.1) is 25.2 Å². The van der Waals surface area contributed by atoms with Gasteiger partial charge in [0.05, 0.1) is 42.2 Å². The van der Waals surface area contributed by atoms with Crippen molar-refractivity contribution in [2.45, 2.75) is 71.3 Å². The van der Waals surface area contributed by atoms with Gasteiger partial charge in [-0.15, -0.1) is 11.3 Å². The molecule has 2 amide bonds. The zero-order valence-corrected chi connectivity index (χ0v) is 26.9. The third-order valence-electron chi connectivity index (χ3n) is 7.54. The number of aromatic nitrogens is 2. The smallest absolute Gasteiger partial charge is 0.410 e. The van der Waals surface area contributed by atoms with Crippen LogP contribution in [0.3, 0.4) is 0 Å². The molecule has 4 heterocycles. The number of methoxy groups -OCH3 is 1. The molecular formula is C33H39N5O5S. The number of hydrogen-bond donors (Lipinski definition) is 1. The van der Waals surface area contributed by atoms with Gasteiger partial charge in [-0.25, -0.2) is 4.79 Å². The number of carbonyl (C=O) groups excluding carboxylic acids is 2. The number of thiophene rings is 1. The minimum absolute atomic E-state index is 0.0190. The fraction of sp³-hybridized carbons (Fsp3) is 0.455. The standard InChI is InChI=1S/C33H39N5O5S/c1-20-16-38-17-24(13-28(38)21(2)35-20)22-7-8-30-23(11-22)12-27(44-30)14-25(15-34)36-31(39)29-18-37(32(40)43-33(3,4)5)10-9-26(41-6)19-42-29/h7-8,11-13,16-17,25-26,29H,9-10,14,18-19H2,1-6H3,(H,36,39)/t25?,26-,29+/m1/s1. The minimum atomic E-state index is -0.971. The summed E-state index contributed by atoms with van der Waals surface area (Å²) < 4.78 is 20.1. The van der Waals surface area contributed by atoms with Gasteiger partial charge < -0.3 is 28.8 Å². The molecular weight excluding hydrogens is 578 g/mol. The molecule has 5 rings (SSSR count). The third kappa shape index (κ3) is 7.38. The summed E-state index contributed by atoms with van der Waals surface area (Å²) in [7, 11) is 1.57. The van der Waals surface area contributed by atoms with Gasteiger partial charge in [0.15, 0.2) is 6.10 Å². The number of nitrogens with one attached hydrogen (secondary N) is 1. The third-order valence-corrected chi connectivity index (χ3v) is 8.67. The lowest BCUT2D eigenvalue weighted by molar-refractivity contribution is -0.139. The second-order valence-electron chi connectivity index (χ2n) is 12.2. The van der Waals surface area contributed by atoms with Crippen molar-refractivity contribution in [3.8, 4) is 17.2 Å². The van der Waals surface area contributed by atoms with Gasteiger partial charge >= 0.3 is 6.09 Å². The van der Waals surface area contributed by atoms with E-state index in [1.54, 1.807) is 39.2 Å². The largest absolute Gasteiger partial charge is 0.444 e. The number of ether oxygens (including phenoxy) is 3. The van der Waals surface area contributed by atoms with Crippen LogP contribution in [-0.4, -0.2) is 76.9 Å². The van der Waals surface area contributed by atoms with E-state index in [0.29, 0.717) is 19.4 Å². The number of benzene rings is 1. The molecule has 0 bridgehead atoms. The van der Waals surface area contributed by atoms with Crippen LogP contribution in [-0.2, 0) is 25.4 Å². The van der Waals surface area contributed by atoms with Crippen LogP contribution in [0.4, 0.5) is 4.79 Å². The van der Waals surface area contributed by atoms with Crippen molar-refractivity contribution in [2.75, 3.05) is 26.8 Å². The molecule has 1 fully saturated rings. The van der Waals surface area contributed by atoms with E-state index >= 15 is 0 Å². The van der Waals surface area contributed by atoms with Crippen LogP contribution in [0.15, 0.2) is 42.7 Å². The van der Waals surface area contributed by atoms with Gasteiger partial charge in [-0.05, 0) is 76.3 Å². The molecule has 0 spiro atoms. The summed E-state index contributed by atoms with van der Waals surface area (Å²) in [4.78, 5) is 33.2. The zero-order valence-electron chi connectivity index (χ0n) is 26.0. The summed E-state index contributed by atoms with van der Waals surface area (Å²) in [6, 6.07) is 12.0. The Morgan fingerprint density at radius 1 is 1.20 bits per heavy atom. The molecule has 1 aliphatic heterocycles. The summed E-state index contributed by atoms with van der Waals surface area (Å²) in [6.07, 6.45) is 3.27. The maximum Gasteiger partial charge on any atom is 0.410 e. The first-order valence-electron chi connectivity index (χ1n) is 14.7. The maximum absolute atomic E-state index is 13.4. The lowest BCUT2D eigenvalue weighted by Gasteiger charge is -2.33. The van der Waals surface area contributed by atoms with Gasteiger partial charge in [-0.2, -0.15) is 5.26 Å². The van der Waals surface area contributed by atoms with Gasteiger partial charge in [0.2, 0.25) is 0 Å². The average Bonchev–Trinajstić information content (AvgIpc) is 3.55. The quantitative estimate of drug-likeness (QED) is 0.307. The van der Waals surface area contributed by atoms with Crippen molar-refractivity contribution in [2.24, 2.45) is 0 Å². The Hall–Kier alpha value is -3.98. The summed E-state index contributed by atoms with van der Waals surface area (Å²) >= 11 is 1.60. The van der Waals surface area contributed by atoms with Crippen LogP contribution in [0.5, 0.6) is 0 Å². The monoisotopic (exact) mass is 617 g/mol. The predicted molar refractivity (Wildman–Crippen MR) is 170 cm³/mol. The molecule has 3 aromatic heterocycles. The highest BCUT2D eigenvalue weighted by atomic mass is 32.1. The Morgan fingerprint density at radius 3 is 2.73 bits per heavy atom. The number of rotatable bonds is 6. The summed E-state index contributed by atoms with van der Waals surface area (Å²) in [5.41, 5.74) is 4.55. The highest BCUT2D eigenvalue weighted by Gasteiger charge is 2.32. The van der Waals surface area contributed by atoms with Crippen molar-refractivity contribution in [3.05, 3.63) is 59.0 Å². The predicted octanol–water partition coefficient (Wildman–Crippen LogP) is 5.42. The van der Waals surface area contributed by atoms with Gasteiger partial charge in [0.25, 0.3) is 5.91 Å². The second-order valence-corrected chi connectivity index (χ2v) is 13.4. The Bertz CT molecular complexity index is 1720. The van der Waals surface area contributed by atoms with E-state index in [1.807, 2.05) is 20.0 Å². The van der Waals surface area contributed by atoms with Gasteiger partial charge in [-0.1, -0.05) is 6.07 Å². The summed E-state index contributed by atoms with van der Waals surface area (Å²) in [5.74, 6) is -0.453. The molecule has 0 radical (unpaired) electrons. The minimum Gasteiger partial charge on any atom is -0.444 e. The molecule has 0 aliphatic carbocycles. The van der Waals surface area contributed by atoms with Gasteiger partial charge in [0.1, 0.15) is 11.6 Å². The fourth-order valence-corrected chi connectivity index (χ4v) is 6.44. The molecule has 232 valence electrons. The van der Waals surface area contributed by atoms with E-state index in [0.717, 1.165) is 43.0 Å². The lowest BCUT2D eigenvalue weighted by atomic mass is 10.1. The number of amides is 2. The number of hydrogen-bond acceptors (Lipinski definition) is 8. The highest BCUT2D eigenvalue weighted by molar-refractivity contribution is 7.19. The molecule has 3 atom stereocenters. The van der Waals surface area contributed by atoms with Crippen LogP contribution in [0.1, 0.15) is 43.5 Å². The Labute approximate surface area is 261 Å². The van der Waals surface area contributed by atoms with Crippen LogP contribution in [0.25, 0.3) is 26.7 Å². The first-order valence-corrected chi connectivity index (χ1v) is 15.5. The molecule has 1 aromatic carbocycles. The van der Waals surface area contributed by atoms with Crippen molar-refractivity contribution in [1.29, 1.82) is 5.26 Å². The molecule has 1 N–H and O–H groups in total. The highest BCUT2D eigenvalue weighted by Crippen LogP contribution is 2.32. The van der Waals surface area contributed by atoms with E-state index < -0.39 is 29.7 Å². The second kappa shape index (κ2) is 12.9. The normalized spacial score (nSPS) is 18.4. The maximum atomic E-state index is 13.4. The molecule has 0 saturated carbocycles. The van der Waals surface area contributed by atoms with Crippen molar-refractivity contribution in [3.63, 3.8) is 0 Å². The molecule has 11 heteroatoms. The Balaban J connectivity index is 1.29. The van der Waals surface area contributed by atoms with Crippen molar-refractivity contribution in [1.82, 2.24) is 19.6 Å². The Morgan fingerprint density at radius 2 is 2.00 bits per heavy atom. The summed E-state index contributed by atoms with van der Waals surface area (Å²) in [5, 5.41) is 13.9. The van der Waals surface area contributed by atoms with E-state index in [2.05, 4.69) is 57.3 Å². The zero-order chi connectivity index (χ0) is 31.6. The van der Waals surface area contributed by atoms with Gasteiger partial charge in [-0.3, -0.25) is 9.78 Å². The molecule has 4 aromatic rings. The molecule has 44 heavy (non-hydrogen) atoms. The van der Waals surface area contributed by atoms with E-state index in [4.69, 9.17) is 14.2 Å². The van der Waals surface area contributed by atoms with Gasteiger partial charge in [0, 0.05) is 47.6 Å². The SMILES string of the molecule is CO[C@@H]1CCN(C(=O)OC(C)(C)C)C[C@@H](C(=O)NC(C#N)Cc2cc3cc(-c4cc5c(C)nc(C)cn5c4)ccc3s2)OC1. The number of fused-ring (bicyclic) bond motifs is 2. The first-order chi connectivity index (χ1) is 20.9. The van der Waals surface area contributed by atoms with E-state index in [9.17, 15) is 14.9 Å². The number of carbonyl (C=O) groups is 2. The van der Waals surface area contributed by atoms with Crippen LogP contribution in [0.2, 0.25) is 0 Å². The molecule has 1 aliphatic rings. The topological polar surface area (TPSA) is 118 Å². The first kappa shape index (κ1) is 31.4. The fourth-order valence-electron chi connectivity index (χ4n) is 5.35. The lowest BCUT2D eigenvalue weighted by Crippen LogP contribution is -2.52. The van der Waals surface area contributed by atoms with E-state index in [1.165, 1.54) is 4.90 Å². The average molecular weight is 618 g/mol. The molecule has 10 nitrogen and oxygen atoms in total. The number of nitrogens with zero attached hydrogens (tertiary/aromatic N) is 4. The summed E-state index contributed by atoms with van der Waals surface area (Å²) in [6.45, 7) is 9.97. The van der Waals surface area contributed by atoms with Crippen molar-refractivity contribution < 1.29 is 23.8 Å².